The fourth-order valence-corrected chi connectivity index (χ4v) is 1.88. The molecule has 1 heterocycles. The Kier molecular flexibility index (Phi) is 4.94. The lowest BCUT2D eigenvalue weighted by Crippen LogP contribution is -2.47. The third-order valence-electron chi connectivity index (χ3n) is 2.81. The normalized spacial score (nSPS) is 24.3. The van der Waals surface area contributed by atoms with E-state index in [0.29, 0.717) is 6.04 Å². The Bertz CT molecular complexity index is 176. The van der Waals surface area contributed by atoms with Crippen LogP contribution in [-0.2, 0) is 4.79 Å². The zero-order valence-electron chi connectivity index (χ0n) is 9.31. The van der Waals surface area contributed by atoms with E-state index < -0.39 is 0 Å². The summed E-state index contributed by atoms with van der Waals surface area (Å²) in [6.45, 7) is 6.16. The van der Waals surface area contributed by atoms with Crippen LogP contribution in [0.15, 0.2) is 0 Å². The second-order valence-corrected chi connectivity index (χ2v) is 4.24. The molecule has 0 aromatic carbocycles. The van der Waals surface area contributed by atoms with Crippen LogP contribution in [0.25, 0.3) is 0 Å². The number of piperidine rings is 1. The van der Waals surface area contributed by atoms with Gasteiger partial charge < -0.3 is 10.6 Å². The summed E-state index contributed by atoms with van der Waals surface area (Å²) in [5.41, 5.74) is 0. The van der Waals surface area contributed by atoms with E-state index in [9.17, 15) is 4.79 Å². The molecule has 3 nitrogen and oxygen atoms in total. The molecule has 1 saturated heterocycles. The lowest BCUT2D eigenvalue weighted by atomic mass is 10.0. The minimum Gasteiger partial charge on any atom is -0.352 e. The van der Waals surface area contributed by atoms with Gasteiger partial charge in [0.05, 0.1) is 0 Å². The van der Waals surface area contributed by atoms with E-state index >= 15 is 0 Å². The van der Waals surface area contributed by atoms with Crippen LogP contribution in [0.3, 0.4) is 0 Å². The van der Waals surface area contributed by atoms with Crippen LogP contribution in [0.4, 0.5) is 0 Å². The lowest BCUT2D eigenvalue weighted by molar-refractivity contribution is -0.125. The summed E-state index contributed by atoms with van der Waals surface area (Å²) < 4.78 is 0. The Morgan fingerprint density at radius 1 is 1.64 bits per heavy atom. The van der Waals surface area contributed by atoms with Crippen LogP contribution in [-0.4, -0.2) is 25.0 Å². The first kappa shape index (κ1) is 11.5. The molecule has 1 rings (SSSR count). The third-order valence-corrected chi connectivity index (χ3v) is 2.81. The standard InChI is InChI=1S/C11H22N2O/c1-3-5-9(2)11(14)13-10-6-4-7-12-8-10/h9-10,12H,3-8H2,1-2H3,(H,13,14)/t9?,10-/m0/s1. The van der Waals surface area contributed by atoms with Gasteiger partial charge in [-0.25, -0.2) is 0 Å². The first-order valence-electron chi connectivity index (χ1n) is 5.75. The van der Waals surface area contributed by atoms with Crippen LogP contribution < -0.4 is 10.6 Å². The van der Waals surface area contributed by atoms with Gasteiger partial charge in [0.1, 0.15) is 0 Å². The molecule has 0 spiro atoms. The molecule has 0 radical (unpaired) electrons. The van der Waals surface area contributed by atoms with Crippen LogP contribution in [0, 0.1) is 5.92 Å². The Morgan fingerprint density at radius 2 is 2.43 bits per heavy atom. The van der Waals surface area contributed by atoms with Crippen molar-refractivity contribution in [1.82, 2.24) is 10.6 Å². The van der Waals surface area contributed by atoms with Gasteiger partial charge in [0, 0.05) is 18.5 Å². The van der Waals surface area contributed by atoms with Gasteiger partial charge in [0.2, 0.25) is 5.91 Å². The maximum Gasteiger partial charge on any atom is 0.223 e. The predicted octanol–water partition coefficient (Wildman–Crippen LogP) is 1.29. The van der Waals surface area contributed by atoms with E-state index in [-0.39, 0.29) is 11.8 Å². The first-order valence-corrected chi connectivity index (χ1v) is 5.75. The molecule has 3 heteroatoms. The van der Waals surface area contributed by atoms with Crippen LogP contribution >= 0.6 is 0 Å². The topological polar surface area (TPSA) is 41.1 Å². The van der Waals surface area contributed by atoms with Crippen molar-refractivity contribution in [3.63, 3.8) is 0 Å². The lowest BCUT2D eigenvalue weighted by Gasteiger charge is -2.25. The van der Waals surface area contributed by atoms with Gasteiger partial charge >= 0.3 is 0 Å². The Hall–Kier alpha value is -0.570. The molecule has 0 aromatic heterocycles. The highest BCUT2D eigenvalue weighted by atomic mass is 16.1. The van der Waals surface area contributed by atoms with Crippen molar-refractivity contribution < 1.29 is 4.79 Å². The number of amides is 1. The molecule has 0 aromatic rings. The summed E-state index contributed by atoms with van der Waals surface area (Å²) >= 11 is 0. The van der Waals surface area contributed by atoms with Gasteiger partial charge in [0.25, 0.3) is 0 Å². The number of hydrogen-bond donors (Lipinski definition) is 2. The van der Waals surface area contributed by atoms with Crippen molar-refractivity contribution >= 4 is 5.91 Å². The maximum absolute atomic E-state index is 11.7. The molecule has 1 amide bonds. The Labute approximate surface area is 86.6 Å². The highest BCUT2D eigenvalue weighted by Gasteiger charge is 2.18. The molecule has 1 aliphatic heterocycles. The SMILES string of the molecule is CCCC(C)C(=O)N[C@H]1CCCNC1. The molecular formula is C11H22N2O. The molecule has 0 bridgehead atoms. The summed E-state index contributed by atoms with van der Waals surface area (Å²) in [4.78, 5) is 11.7. The number of carbonyl (C=O) groups is 1. The van der Waals surface area contributed by atoms with E-state index in [1.54, 1.807) is 0 Å². The van der Waals surface area contributed by atoms with Crippen LogP contribution in [0.2, 0.25) is 0 Å². The van der Waals surface area contributed by atoms with Crippen molar-refractivity contribution in [1.29, 1.82) is 0 Å². The van der Waals surface area contributed by atoms with Gasteiger partial charge in [-0.3, -0.25) is 4.79 Å². The fourth-order valence-electron chi connectivity index (χ4n) is 1.88. The van der Waals surface area contributed by atoms with Crippen molar-refractivity contribution in [3.8, 4) is 0 Å². The predicted molar refractivity (Wildman–Crippen MR) is 58.1 cm³/mol. The summed E-state index contributed by atoms with van der Waals surface area (Å²) in [6.07, 6.45) is 4.37. The zero-order valence-corrected chi connectivity index (χ0v) is 9.31. The molecule has 1 unspecified atom stereocenters. The monoisotopic (exact) mass is 198 g/mol. The van der Waals surface area contributed by atoms with Crippen molar-refractivity contribution in [2.24, 2.45) is 5.92 Å². The maximum atomic E-state index is 11.7. The van der Waals surface area contributed by atoms with Gasteiger partial charge in [-0.05, 0) is 25.8 Å². The van der Waals surface area contributed by atoms with Gasteiger partial charge in [-0.1, -0.05) is 20.3 Å². The molecular weight excluding hydrogens is 176 g/mol. The van der Waals surface area contributed by atoms with Crippen molar-refractivity contribution in [2.45, 2.75) is 45.6 Å². The number of carbonyl (C=O) groups excluding carboxylic acids is 1. The molecule has 0 aliphatic carbocycles. The van der Waals surface area contributed by atoms with E-state index in [0.717, 1.165) is 32.4 Å². The molecule has 1 aliphatic rings. The number of rotatable bonds is 4. The van der Waals surface area contributed by atoms with E-state index in [1.165, 1.54) is 6.42 Å². The highest BCUT2D eigenvalue weighted by Crippen LogP contribution is 2.07. The van der Waals surface area contributed by atoms with Gasteiger partial charge in [-0.2, -0.15) is 0 Å². The van der Waals surface area contributed by atoms with E-state index in [1.807, 2.05) is 6.92 Å². The zero-order chi connectivity index (χ0) is 10.4. The smallest absolute Gasteiger partial charge is 0.223 e. The fraction of sp³-hybridized carbons (Fsp3) is 0.909. The molecule has 2 N–H and O–H groups in total. The van der Waals surface area contributed by atoms with Crippen molar-refractivity contribution in [2.75, 3.05) is 13.1 Å². The number of nitrogens with one attached hydrogen (secondary N) is 2. The van der Waals surface area contributed by atoms with Crippen LogP contribution in [0.1, 0.15) is 39.5 Å². The molecule has 82 valence electrons. The van der Waals surface area contributed by atoms with E-state index in [2.05, 4.69) is 17.6 Å². The third kappa shape index (κ3) is 3.66. The average Bonchev–Trinajstić information content (AvgIpc) is 2.19. The summed E-state index contributed by atoms with van der Waals surface area (Å²) in [5, 5.41) is 6.40. The first-order chi connectivity index (χ1) is 6.74. The minimum atomic E-state index is 0.168. The molecule has 2 atom stereocenters. The van der Waals surface area contributed by atoms with Gasteiger partial charge in [-0.15, -0.1) is 0 Å². The minimum absolute atomic E-state index is 0.168. The molecule has 1 fully saturated rings. The van der Waals surface area contributed by atoms with Gasteiger partial charge in [0.15, 0.2) is 0 Å². The quantitative estimate of drug-likeness (QED) is 0.714. The summed E-state index contributed by atoms with van der Waals surface area (Å²) in [7, 11) is 0. The Morgan fingerprint density at radius 3 is 3.00 bits per heavy atom. The highest BCUT2D eigenvalue weighted by molar-refractivity contribution is 5.78. The largest absolute Gasteiger partial charge is 0.352 e. The Balaban J connectivity index is 2.24. The van der Waals surface area contributed by atoms with Crippen LogP contribution in [0.5, 0.6) is 0 Å². The van der Waals surface area contributed by atoms with Crippen molar-refractivity contribution in [3.05, 3.63) is 0 Å². The van der Waals surface area contributed by atoms with E-state index in [4.69, 9.17) is 0 Å². The second-order valence-electron chi connectivity index (χ2n) is 4.24. The molecule has 0 saturated carbocycles. The number of hydrogen-bond acceptors (Lipinski definition) is 2. The average molecular weight is 198 g/mol. The molecule has 14 heavy (non-hydrogen) atoms. The summed E-state index contributed by atoms with van der Waals surface area (Å²) in [6, 6.07) is 0.357. The second kappa shape index (κ2) is 6.02. The summed E-state index contributed by atoms with van der Waals surface area (Å²) in [5.74, 6) is 0.391.